The van der Waals surface area contributed by atoms with Crippen LogP contribution in [0.25, 0.3) is 11.3 Å². The fourth-order valence-corrected chi connectivity index (χ4v) is 2.23. The van der Waals surface area contributed by atoms with Gasteiger partial charge in [0.1, 0.15) is 0 Å². The minimum Gasteiger partial charge on any atom is -0.376 e. The Kier molecular flexibility index (Phi) is 4.91. The molecule has 1 aliphatic heterocycles. The zero-order valence-electron chi connectivity index (χ0n) is 12.6. The van der Waals surface area contributed by atoms with Gasteiger partial charge in [0.15, 0.2) is 0 Å². The molecule has 0 aliphatic carbocycles. The molecule has 0 amide bonds. The summed E-state index contributed by atoms with van der Waals surface area (Å²) in [6.07, 6.45) is -3.21. The molecule has 9 heteroatoms. The van der Waals surface area contributed by atoms with Crippen LogP contribution >= 0.6 is 0 Å². The molecule has 0 spiro atoms. The number of nitrogens with zero attached hydrogens (tertiary/aromatic N) is 3. The number of anilines is 1. The van der Waals surface area contributed by atoms with Crippen molar-refractivity contribution < 1.29 is 22.6 Å². The van der Waals surface area contributed by atoms with E-state index in [0.29, 0.717) is 37.6 Å². The van der Waals surface area contributed by atoms with E-state index in [0.717, 1.165) is 12.1 Å². The number of hydrogen-bond donors (Lipinski definition) is 1. The van der Waals surface area contributed by atoms with E-state index in [1.165, 1.54) is 12.3 Å². The zero-order chi connectivity index (χ0) is 17.0. The Balaban J connectivity index is 1.73. The van der Waals surface area contributed by atoms with Crippen LogP contribution in [0, 0.1) is 0 Å². The van der Waals surface area contributed by atoms with Crippen molar-refractivity contribution in [1.82, 2.24) is 15.2 Å². The number of alkyl halides is 3. The van der Waals surface area contributed by atoms with Gasteiger partial charge in [0.05, 0.1) is 43.4 Å². The van der Waals surface area contributed by atoms with Crippen LogP contribution in [-0.2, 0) is 15.7 Å². The van der Waals surface area contributed by atoms with Crippen molar-refractivity contribution in [2.75, 3.05) is 31.7 Å². The summed E-state index contributed by atoms with van der Waals surface area (Å²) in [4.78, 5) is 4.20. The predicted octanol–water partition coefficient (Wildman–Crippen LogP) is 2.38. The molecule has 1 unspecified atom stereocenters. The molecule has 1 saturated heterocycles. The van der Waals surface area contributed by atoms with Crippen LogP contribution in [0.4, 0.5) is 19.1 Å². The number of benzene rings is 1. The van der Waals surface area contributed by atoms with Crippen LogP contribution in [0.2, 0.25) is 0 Å². The molecule has 0 bridgehead atoms. The van der Waals surface area contributed by atoms with Gasteiger partial charge in [-0.25, -0.2) is 4.98 Å². The fourth-order valence-electron chi connectivity index (χ4n) is 2.23. The topological polar surface area (TPSA) is 69.2 Å². The summed E-state index contributed by atoms with van der Waals surface area (Å²) in [5, 5.41) is 10.6. The number of rotatable bonds is 4. The highest BCUT2D eigenvalue weighted by atomic mass is 19.4. The maximum Gasteiger partial charge on any atom is 0.416 e. The second-order valence-electron chi connectivity index (χ2n) is 5.19. The SMILES string of the molecule is FC(F)(F)c1cccc(-c2cnnc(NCC3COCCO3)n2)c1. The van der Waals surface area contributed by atoms with E-state index in [1.54, 1.807) is 6.07 Å². The average Bonchev–Trinajstić information content (AvgIpc) is 2.60. The monoisotopic (exact) mass is 340 g/mol. The van der Waals surface area contributed by atoms with Gasteiger partial charge in [0, 0.05) is 12.1 Å². The number of halogens is 3. The van der Waals surface area contributed by atoms with E-state index in [4.69, 9.17) is 9.47 Å². The number of aromatic nitrogens is 3. The third-order valence-electron chi connectivity index (χ3n) is 3.42. The molecule has 0 saturated carbocycles. The van der Waals surface area contributed by atoms with E-state index in [2.05, 4.69) is 20.5 Å². The molecule has 1 atom stereocenters. The molecule has 3 rings (SSSR count). The van der Waals surface area contributed by atoms with Crippen LogP contribution in [0.1, 0.15) is 5.56 Å². The van der Waals surface area contributed by atoms with Crippen molar-refractivity contribution in [1.29, 1.82) is 0 Å². The summed E-state index contributed by atoms with van der Waals surface area (Å²) in [5.41, 5.74) is -0.111. The Morgan fingerprint density at radius 3 is 2.88 bits per heavy atom. The largest absolute Gasteiger partial charge is 0.416 e. The summed E-state index contributed by atoms with van der Waals surface area (Å²) >= 11 is 0. The van der Waals surface area contributed by atoms with E-state index in [9.17, 15) is 13.2 Å². The molecule has 1 aromatic heterocycles. The first-order chi connectivity index (χ1) is 11.5. The van der Waals surface area contributed by atoms with Crippen molar-refractivity contribution in [2.45, 2.75) is 12.3 Å². The molecule has 6 nitrogen and oxygen atoms in total. The van der Waals surface area contributed by atoms with Gasteiger partial charge in [-0.15, -0.1) is 5.10 Å². The molecular formula is C15H15F3N4O2. The first-order valence-corrected chi connectivity index (χ1v) is 7.33. The number of nitrogens with one attached hydrogen (secondary N) is 1. The van der Waals surface area contributed by atoms with Crippen molar-refractivity contribution in [3.8, 4) is 11.3 Å². The lowest BCUT2D eigenvalue weighted by atomic mass is 10.1. The second-order valence-corrected chi connectivity index (χ2v) is 5.19. The quantitative estimate of drug-likeness (QED) is 0.922. The van der Waals surface area contributed by atoms with Crippen LogP contribution in [0.3, 0.4) is 0 Å². The van der Waals surface area contributed by atoms with Crippen LogP contribution < -0.4 is 5.32 Å². The summed E-state index contributed by atoms with van der Waals surface area (Å²) in [7, 11) is 0. The molecule has 0 radical (unpaired) electrons. The summed E-state index contributed by atoms with van der Waals surface area (Å²) in [6.45, 7) is 1.98. The Morgan fingerprint density at radius 2 is 2.12 bits per heavy atom. The molecule has 2 aromatic rings. The maximum atomic E-state index is 12.8. The molecule has 1 aromatic carbocycles. The minimum atomic E-state index is -4.41. The Morgan fingerprint density at radius 1 is 1.25 bits per heavy atom. The second kappa shape index (κ2) is 7.10. The van der Waals surface area contributed by atoms with Crippen molar-refractivity contribution >= 4 is 5.95 Å². The van der Waals surface area contributed by atoms with Crippen molar-refractivity contribution in [3.05, 3.63) is 36.0 Å². The lowest BCUT2D eigenvalue weighted by Crippen LogP contribution is -2.34. The molecule has 2 heterocycles. The van der Waals surface area contributed by atoms with Gasteiger partial charge in [0.25, 0.3) is 0 Å². The average molecular weight is 340 g/mol. The van der Waals surface area contributed by atoms with Crippen LogP contribution in [-0.4, -0.2) is 47.7 Å². The first kappa shape index (κ1) is 16.6. The van der Waals surface area contributed by atoms with Gasteiger partial charge < -0.3 is 14.8 Å². The third-order valence-corrected chi connectivity index (χ3v) is 3.42. The van der Waals surface area contributed by atoms with Crippen LogP contribution in [0.15, 0.2) is 30.5 Å². The molecule has 1 N–H and O–H groups in total. The fraction of sp³-hybridized carbons (Fsp3) is 0.400. The third kappa shape index (κ3) is 4.18. The van der Waals surface area contributed by atoms with Gasteiger partial charge in [-0.2, -0.15) is 18.3 Å². The summed E-state index contributed by atoms with van der Waals surface area (Å²) in [5.74, 6) is 0.221. The van der Waals surface area contributed by atoms with Crippen molar-refractivity contribution in [2.24, 2.45) is 0 Å². The van der Waals surface area contributed by atoms with Crippen LogP contribution in [0.5, 0.6) is 0 Å². The lowest BCUT2D eigenvalue weighted by Gasteiger charge is -2.22. The summed E-state index contributed by atoms with van der Waals surface area (Å²) in [6, 6.07) is 4.92. The van der Waals surface area contributed by atoms with E-state index in [-0.39, 0.29) is 12.1 Å². The smallest absolute Gasteiger partial charge is 0.376 e. The zero-order valence-corrected chi connectivity index (χ0v) is 12.6. The molecule has 128 valence electrons. The van der Waals surface area contributed by atoms with Gasteiger partial charge in [0.2, 0.25) is 5.95 Å². The number of ether oxygens (including phenoxy) is 2. The Hall–Kier alpha value is -2.26. The predicted molar refractivity (Wildman–Crippen MR) is 79.3 cm³/mol. The van der Waals surface area contributed by atoms with E-state index in [1.807, 2.05) is 0 Å². The van der Waals surface area contributed by atoms with Gasteiger partial charge in [-0.1, -0.05) is 12.1 Å². The summed E-state index contributed by atoms with van der Waals surface area (Å²) < 4.78 is 49.2. The van der Waals surface area contributed by atoms with E-state index < -0.39 is 11.7 Å². The van der Waals surface area contributed by atoms with Crippen molar-refractivity contribution in [3.63, 3.8) is 0 Å². The highest BCUT2D eigenvalue weighted by Crippen LogP contribution is 2.31. The lowest BCUT2D eigenvalue weighted by molar-refractivity contribution is -0.137. The van der Waals surface area contributed by atoms with Gasteiger partial charge in [-0.3, -0.25) is 0 Å². The van der Waals surface area contributed by atoms with E-state index >= 15 is 0 Å². The Bertz CT molecular complexity index is 690. The first-order valence-electron chi connectivity index (χ1n) is 7.33. The number of hydrogen-bond acceptors (Lipinski definition) is 6. The standard InChI is InChI=1S/C15H15F3N4O2/c16-15(17,18)11-3-1-2-10(6-11)13-8-20-22-14(21-13)19-7-12-9-23-4-5-24-12/h1-3,6,8,12H,4-5,7,9H2,(H,19,21,22). The van der Waals surface area contributed by atoms with Gasteiger partial charge >= 0.3 is 6.18 Å². The Labute approximate surface area is 136 Å². The molecular weight excluding hydrogens is 325 g/mol. The normalized spacial score (nSPS) is 18.4. The molecule has 1 aliphatic rings. The van der Waals surface area contributed by atoms with Gasteiger partial charge in [-0.05, 0) is 12.1 Å². The molecule has 1 fully saturated rings. The minimum absolute atomic E-state index is 0.125. The maximum absolute atomic E-state index is 12.8. The highest BCUT2D eigenvalue weighted by Gasteiger charge is 2.30. The highest BCUT2D eigenvalue weighted by molar-refractivity contribution is 5.60. The molecule has 24 heavy (non-hydrogen) atoms.